The van der Waals surface area contributed by atoms with E-state index in [1.807, 2.05) is 0 Å². The minimum Gasteiger partial charge on any atom is -0.388 e. The van der Waals surface area contributed by atoms with Gasteiger partial charge in [-0.1, -0.05) is 18.2 Å². The van der Waals surface area contributed by atoms with E-state index >= 15 is 0 Å². The van der Waals surface area contributed by atoms with Crippen LogP contribution in [0, 0.1) is 11.6 Å². The molecule has 2 aromatic rings. The number of aliphatic hydroxyl groups is 1. The Morgan fingerprint density at radius 3 is 2.59 bits per heavy atom. The van der Waals surface area contributed by atoms with E-state index in [0.29, 0.717) is 5.56 Å². The molecule has 0 aliphatic rings. The summed E-state index contributed by atoms with van der Waals surface area (Å²) < 4.78 is 26.7. The SMILES string of the molecule is OC(Cc1ccccc1F)c1ccncc1F. The molecule has 0 aliphatic carbocycles. The standard InChI is InChI=1S/C13H11F2NO/c14-11-4-2-1-3-9(11)7-13(17)10-5-6-16-8-12(10)15/h1-6,8,13,17H,7H2. The highest BCUT2D eigenvalue weighted by Crippen LogP contribution is 2.21. The number of aliphatic hydroxyl groups excluding tert-OH is 1. The summed E-state index contributed by atoms with van der Waals surface area (Å²) in [6.07, 6.45) is 1.38. The number of hydrogen-bond donors (Lipinski definition) is 1. The summed E-state index contributed by atoms with van der Waals surface area (Å²) in [6, 6.07) is 7.51. The number of pyridine rings is 1. The monoisotopic (exact) mass is 235 g/mol. The van der Waals surface area contributed by atoms with Crippen molar-refractivity contribution in [3.05, 3.63) is 65.5 Å². The quantitative estimate of drug-likeness (QED) is 0.887. The Morgan fingerprint density at radius 2 is 1.88 bits per heavy atom. The molecule has 1 unspecified atom stereocenters. The highest BCUT2D eigenvalue weighted by Gasteiger charge is 2.14. The van der Waals surface area contributed by atoms with Gasteiger partial charge >= 0.3 is 0 Å². The van der Waals surface area contributed by atoms with Crippen LogP contribution >= 0.6 is 0 Å². The maximum atomic E-state index is 13.3. The van der Waals surface area contributed by atoms with Crippen molar-refractivity contribution < 1.29 is 13.9 Å². The van der Waals surface area contributed by atoms with Crippen LogP contribution in [0.3, 0.4) is 0 Å². The fraction of sp³-hybridized carbons (Fsp3) is 0.154. The molecular weight excluding hydrogens is 224 g/mol. The molecule has 2 nitrogen and oxygen atoms in total. The predicted octanol–water partition coefficient (Wildman–Crippen LogP) is 2.64. The predicted molar refractivity (Wildman–Crippen MR) is 59.3 cm³/mol. The van der Waals surface area contributed by atoms with Gasteiger partial charge in [-0.25, -0.2) is 8.78 Å². The number of hydrogen-bond acceptors (Lipinski definition) is 2. The van der Waals surface area contributed by atoms with Crippen LogP contribution in [0.4, 0.5) is 8.78 Å². The van der Waals surface area contributed by atoms with Gasteiger partial charge in [-0.3, -0.25) is 4.98 Å². The Hall–Kier alpha value is -1.81. The number of rotatable bonds is 3. The first-order valence-corrected chi connectivity index (χ1v) is 5.19. The second-order valence-electron chi connectivity index (χ2n) is 3.71. The number of benzene rings is 1. The maximum Gasteiger partial charge on any atom is 0.147 e. The summed E-state index contributed by atoms with van der Waals surface area (Å²) in [5.41, 5.74) is 0.486. The van der Waals surface area contributed by atoms with Crippen molar-refractivity contribution in [1.29, 1.82) is 0 Å². The van der Waals surface area contributed by atoms with E-state index in [1.165, 1.54) is 18.3 Å². The molecule has 0 saturated heterocycles. The Morgan fingerprint density at radius 1 is 1.12 bits per heavy atom. The molecule has 88 valence electrons. The van der Waals surface area contributed by atoms with Gasteiger partial charge in [0.25, 0.3) is 0 Å². The van der Waals surface area contributed by atoms with Gasteiger partial charge in [0, 0.05) is 18.2 Å². The van der Waals surface area contributed by atoms with Crippen LogP contribution in [-0.2, 0) is 6.42 Å². The van der Waals surface area contributed by atoms with Crippen molar-refractivity contribution in [1.82, 2.24) is 4.98 Å². The molecule has 0 amide bonds. The van der Waals surface area contributed by atoms with Crippen LogP contribution in [0.15, 0.2) is 42.7 Å². The summed E-state index contributed by atoms with van der Waals surface area (Å²) in [6.45, 7) is 0. The normalized spacial score (nSPS) is 12.4. The maximum absolute atomic E-state index is 13.3. The molecule has 1 N–H and O–H groups in total. The number of halogens is 2. The van der Waals surface area contributed by atoms with E-state index in [-0.39, 0.29) is 12.0 Å². The fourth-order valence-corrected chi connectivity index (χ4v) is 1.64. The first kappa shape index (κ1) is 11.7. The lowest BCUT2D eigenvalue weighted by molar-refractivity contribution is 0.172. The van der Waals surface area contributed by atoms with Crippen molar-refractivity contribution in [2.24, 2.45) is 0 Å². The Labute approximate surface area is 97.6 Å². The highest BCUT2D eigenvalue weighted by atomic mass is 19.1. The zero-order chi connectivity index (χ0) is 12.3. The molecule has 2 rings (SSSR count). The van der Waals surface area contributed by atoms with Crippen LogP contribution in [0.1, 0.15) is 17.2 Å². The first-order valence-electron chi connectivity index (χ1n) is 5.19. The minimum atomic E-state index is -1.07. The Bertz CT molecular complexity index is 516. The van der Waals surface area contributed by atoms with Gasteiger partial charge in [0.1, 0.15) is 11.6 Å². The molecule has 0 aliphatic heterocycles. The average molecular weight is 235 g/mol. The van der Waals surface area contributed by atoms with Gasteiger partial charge in [-0.15, -0.1) is 0 Å². The third kappa shape index (κ3) is 2.65. The number of nitrogens with zero attached hydrogens (tertiary/aromatic N) is 1. The van der Waals surface area contributed by atoms with Crippen molar-refractivity contribution in [2.45, 2.75) is 12.5 Å². The highest BCUT2D eigenvalue weighted by molar-refractivity contribution is 5.22. The molecule has 0 bridgehead atoms. The Balaban J connectivity index is 2.20. The van der Waals surface area contributed by atoms with E-state index in [9.17, 15) is 13.9 Å². The van der Waals surface area contributed by atoms with Crippen LogP contribution in [0.2, 0.25) is 0 Å². The van der Waals surface area contributed by atoms with Crippen molar-refractivity contribution >= 4 is 0 Å². The van der Waals surface area contributed by atoms with Crippen LogP contribution in [0.25, 0.3) is 0 Å². The molecule has 17 heavy (non-hydrogen) atoms. The molecule has 1 aromatic heterocycles. The second-order valence-corrected chi connectivity index (χ2v) is 3.71. The van der Waals surface area contributed by atoms with Crippen molar-refractivity contribution in [3.8, 4) is 0 Å². The van der Waals surface area contributed by atoms with Crippen LogP contribution in [-0.4, -0.2) is 10.1 Å². The van der Waals surface area contributed by atoms with Gasteiger partial charge in [0.05, 0.1) is 12.3 Å². The van der Waals surface area contributed by atoms with Crippen LogP contribution < -0.4 is 0 Å². The zero-order valence-corrected chi connectivity index (χ0v) is 8.98. The molecule has 0 radical (unpaired) electrons. The molecule has 0 spiro atoms. The van der Waals surface area contributed by atoms with Gasteiger partial charge < -0.3 is 5.11 Å². The van der Waals surface area contributed by atoms with E-state index < -0.39 is 17.7 Å². The molecule has 0 fully saturated rings. The van der Waals surface area contributed by atoms with Crippen molar-refractivity contribution in [3.63, 3.8) is 0 Å². The third-order valence-corrected chi connectivity index (χ3v) is 2.53. The second kappa shape index (κ2) is 5.01. The van der Waals surface area contributed by atoms with Crippen molar-refractivity contribution in [2.75, 3.05) is 0 Å². The van der Waals surface area contributed by atoms with Crippen LogP contribution in [0.5, 0.6) is 0 Å². The first-order chi connectivity index (χ1) is 8.18. The van der Waals surface area contributed by atoms with E-state index in [4.69, 9.17) is 0 Å². The third-order valence-electron chi connectivity index (χ3n) is 2.53. The molecule has 4 heteroatoms. The number of aromatic nitrogens is 1. The summed E-state index contributed by atoms with van der Waals surface area (Å²) in [4.78, 5) is 3.59. The minimum absolute atomic E-state index is 0.0353. The van der Waals surface area contributed by atoms with E-state index in [0.717, 1.165) is 6.20 Å². The molecular formula is C13H11F2NO. The summed E-state index contributed by atoms with van der Waals surface area (Å²) in [5.74, 6) is -0.989. The lowest BCUT2D eigenvalue weighted by Gasteiger charge is -2.12. The lowest BCUT2D eigenvalue weighted by atomic mass is 10.0. The summed E-state index contributed by atoms with van der Waals surface area (Å²) in [5, 5.41) is 9.84. The van der Waals surface area contributed by atoms with Gasteiger partial charge in [-0.05, 0) is 17.7 Å². The summed E-state index contributed by atoms with van der Waals surface area (Å²) >= 11 is 0. The smallest absolute Gasteiger partial charge is 0.147 e. The molecule has 0 saturated carbocycles. The van der Waals surface area contributed by atoms with E-state index in [1.54, 1.807) is 18.2 Å². The zero-order valence-electron chi connectivity index (χ0n) is 8.98. The molecule has 1 atom stereocenters. The van der Waals surface area contributed by atoms with E-state index in [2.05, 4.69) is 4.98 Å². The van der Waals surface area contributed by atoms with Gasteiger partial charge in [0.2, 0.25) is 0 Å². The summed E-state index contributed by atoms with van der Waals surface area (Å²) in [7, 11) is 0. The lowest BCUT2D eigenvalue weighted by Crippen LogP contribution is -2.06. The average Bonchev–Trinajstić information content (AvgIpc) is 2.32. The topological polar surface area (TPSA) is 33.1 Å². The largest absolute Gasteiger partial charge is 0.388 e. The Kier molecular flexibility index (Phi) is 3.44. The molecule has 1 heterocycles. The molecule has 1 aromatic carbocycles. The van der Waals surface area contributed by atoms with Gasteiger partial charge in [0.15, 0.2) is 0 Å². The fourth-order valence-electron chi connectivity index (χ4n) is 1.64. The van der Waals surface area contributed by atoms with Gasteiger partial charge in [-0.2, -0.15) is 0 Å².